The number of carboxylic acids is 1. The van der Waals surface area contributed by atoms with E-state index in [-0.39, 0.29) is 23.5 Å². The van der Waals surface area contributed by atoms with Gasteiger partial charge in [0, 0.05) is 24.4 Å². The standard InChI is InChI=1S/C27H27N5O8S/c33-25(24-7-4-16-31(24)41(39,40)22-14-12-21(13-15-22)32(37)38)30-23(26(34)35)17-28-27(36)29-20-10-8-19(9-11-20)18-5-2-1-3-6-18/h1-3,5-6,8-15,23-24H,4,7,16-17H2,(H,30,33)(H,34,35)(H2,28,29,36). The maximum absolute atomic E-state index is 13.1. The molecule has 41 heavy (non-hydrogen) atoms. The number of nitrogens with zero attached hydrogens (tertiary/aromatic N) is 2. The molecule has 214 valence electrons. The second kappa shape index (κ2) is 12.6. The van der Waals surface area contributed by atoms with E-state index >= 15 is 0 Å². The van der Waals surface area contributed by atoms with Gasteiger partial charge in [-0.1, -0.05) is 42.5 Å². The van der Waals surface area contributed by atoms with Crippen LogP contribution in [0, 0.1) is 10.1 Å². The molecule has 1 saturated heterocycles. The Morgan fingerprint density at radius 3 is 2.22 bits per heavy atom. The van der Waals surface area contributed by atoms with Crippen molar-refractivity contribution >= 4 is 39.3 Å². The molecule has 1 aliphatic heterocycles. The summed E-state index contributed by atoms with van der Waals surface area (Å²) in [4.78, 5) is 47.2. The van der Waals surface area contributed by atoms with Crippen molar-refractivity contribution in [3.63, 3.8) is 0 Å². The van der Waals surface area contributed by atoms with Crippen molar-refractivity contribution in [2.24, 2.45) is 0 Å². The SMILES string of the molecule is O=C(NCC(NC(=O)C1CCCN1S(=O)(=O)c1ccc([N+](=O)[O-])cc1)C(=O)O)Nc1ccc(-c2ccccc2)cc1. The van der Waals surface area contributed by atoms with Crippen LogP contribution < -0.4 is 16.0 Å². The van der Waals surface area contributed by atoms with Crippen molar-refractivity contribution in [3.8, 4) is 11.1 Å². The molecule has 0 spiro atoms. The summed E-state index contributed by atoms with van der Waals surface area (Å²) in [6.45, 7) is -0.449. The van der Waals surface area contributed by atoms with Gasteiger partial charge in [0.05, 0.1) is 16.4 Å². The number of nitro groups is 1. The normalized spacial score (nSPS) is 16.0. The minimum absolute atomic E-state index is 0.0128. The van der Waals surface area contributed by atoms with E-state index in [9.17, 15) is 38.0 Å². The maximum atomic E-state index is 13.1. The smallest absolute Gasteiger partial charge is 0.328 e. The number of hydrogen-bond donors (Lipinski definition) is 4. The second-order valence-corrected chi connectivity index (χ2v) is 11.1. The molecule has 0 saturated carbocycles. The van der Waals surface area contributed by atoms with E-state index < -0.39 is 51.5 Å². The van der Waals surface area contributed by atoms with Crippen LogP contribution in [0.25, 0.3) is 11.1 Å². The average molecular weight is 582 g/mol. The van der Waals surface area contributed by atoms with E-state index in [4.69, 9.17) is 0 Å². The zero-order valence-electron chi connectivity index (χ0n) is 21.6. The van der Waals surface area contributed by atoms with Crippen LogP contribution in [-0.2, 0) is 19.6 Å². The molecule has 13 nitrogen and oxygen atoms in total. The number of non-ortho nitro benzene ring substituents is 1. The van der Waals surface area contributed by atoms with Gasteiger partial charge in [-0.3, -0.25) is 14.9 Å². The quantitative estimate of drug-likeness (QED) is 0.208. The number of rotatable bonds is 10. The Morgan fingerprint density at radius 1 is 0.976 bits per heavy atom. The predicted molar refractivity (Wildman–Crippen MR) is 148 cm³/mol. The lowest BCUT2D eigenvalue weighted by Gasteiger charge is -2.25. The molecule has 0 aliphatic carbocycles. The molecule has 4 rings (SSSR count). The van der Waals surface area contributed by atoms with Crippen molar-refractivity contribution < 1.29 is 32.8 Å². The van der Waals surface area contributed by atoms with Crippen LogP contribution in [0.2, 0.25) is 0 Å². The van der Waals surface area contributed by atoms with Crippen molar-refractivity contribution in [1.82, 2.24) is 14.9 Å². The number of urea groups is 1. The number of sulfonamides is 1. The first-order chi connectivity index (χ1) is 19.6. The number of anilines is 1. The van der Waals surface area contributed by atoms with E-state index in [2.05, 4.69) is 16.0 Å². The Balaban J connectivity index is 1.35. The Labute approximate surface area is 235 Å². The number of hydrogen-bond acceptors (Lipinski definition) is 7. The zero-order chi connectivity index (χ0) is 29.6. The molecular formula is C27H27N5O8S. The molecule has 1 heterocycles. The van der Waals surface area contributed by atoms with Gasteiger partial charge in [-0.2, -0.15) is 4.31 Å². The van der Waals surface area contributed by atoms with Crippen LogP contribution in [0.15, 0.2) is 83.8 Å². The summed E-state index contributed by atoms with van der Waals surface area (Å²) < 4.78 is 27.2. The lowest BCUT2D eigenvalue weighted by atomic mass is 10.1. The highest BCUT2D eigenvalue weighted by atomic mass is 32.2. The minimum atomic E-state index is -4.19. The fraction of sp³-hybridized carbons (Fsp3) is 0.222. The van der Waals surface area contributed by atoms with Gasteiger partial charge in [0.2, 0.25) is 15.9 Å². The van der Waals surface area contributed by atoms with Crippen molar-refractivity contribution in [2.45, 2.75) is 29.8 Å². The molecule has 0 radical (unpaired) electrons. The van der Waals surface area contributed by atoms with E-state index in [0.29, 0.717) is 12.1 Å². The largest absolute Gasteiger partial charge is 0.480 e. The van der Waals surface area contributed by atoms with Gasteiger partial charge in [-0.05, 0) is 48.2 Å². The summed E-state index contributed by atoms with van der Waals surface area (Å²) in [7, 11) is -4.19. The molecule has 1 fully saturated rings. The Hall–Kier alpha value is -4.82. The van der Waals surface area contributed by atoms with Crippen LogP contribution in [0.4, 0.5) is 16.2 Å². The van der Waals surface area contributed by atoms with Crippen LogP contribution >= 0.6 is 0 Å². The topological polar surface area (TPSA) is 188 Å². The molecule has 3 aromatic carbocycles. The first-order valence-corrected chi connectivity index (χ1v) is 14.0. The number of carbonyl (C=O) groups is 3. The molecule has 4 N–H and O–H groups in total. The Bertz CT molecular complexity index is 1530. The number of amides is 3. The molecule has 3 amide bonds. The first-order valence-electron chi connectivity index (χ1n) is 12.6. The van der Waals surface area contributed by atoms with E-state index in [0.717, 1.165) is 39.7 Å². The van der Waals surface area contributed by atoms with Gasteiger partial charge >= 0.3 is 12.0 Å². The highest BCUT2D eigenvalue weighted by molar-refractivity contribution is 7.89. The number of carbonyl (C=O) groups excluding carboxylic acids is 2. The third-order valence-corrected chi connectivity index (χ3v) is 8.41. The number of benzene rings is 3. The lowest BCUT2D eigenvalue weighted by molar-refractivity contribution is -0.384. The fourth-order valence-corrected chi connectivity index (χ4v) is 6.04. The maximum Gasteiger partial charge on any atom is 0.328 e. The summed E-state index contributed by atoms with van der Waals surface area (Å²) in [5.41, 5.74) is 2.13. The molecule has 2 unspecified atom stereocenters. The molecule has 0 aromatic heterocycles. The summed E-state index contributed by atoms with van der Waals surface area (Å²) >= 11 is 0. The zero-order valence-corrected chi connectivity index (χ0v) is 22.4. The van der Waals surface area contributed by atoms with Crippen molar-refractivity contribution in [1.29, 1.82) is 0 Å². The number of nitro benzene ring substituents is 1. The Kier molecular flexibility index (Phi) is 8.94. The summed E-state index contributed by atoms with van der Waals surface area (Å²) in [5, 5.41) is 27.8. The molecule has 14 heteroatoms. The molecule has 1 aliphatic rings. The van der Waals surface area contributed by atoms with Gasteiger partial charge in [0.15, 0.2) is 0 Å². The molecule has 2 atom stereocenters. The second-order valence-electron chi connectivity index (χ2n) is 9.20. The predicted octanol–water partition coefficient (Wildman–Crippen LogP) is 2.81. The average Bonchev–Trinajstić information content (AvgIpc) is 3.47. The first kappa shape index (κ1) is 29.2. The highest BCUT2D eigenvalue weighted by Crippen LogP contribution is 2.27. The summed E-state index contributed by atoms with van der Waals surface area (Å²) in [5.74, 6) is -2.26. The van der Waals surface area contributed by atoms with Crippen LogP contribution in [-0.4, -0.2) is 65.8 Å². The number of aliphatic carboxylic acids is 1. The lowest BCUT2D eigenvalue weighted by Crippen LogP contribution is -2.54. The van der Waals surface area contributed by atoms with E-state index in [1.165, 1.54) is 0 Å². The molecular weight excluding hydrogens is 554 g/mol. The third-order valence-electron chi connectivity index (χ3n) is 6.49. The number of nitrogens with one attached hydrogen (secondary N) is 3. The van der Waals surface area contributed by atoms with Gasteiger partial charge in [-0.25, -0.2) is 18.0 Å². The minimum Gasteiger partial charge on any atom is -0.480 e. The summed E-state index contributed by atoms with van der Waals surface area (Å²) in [6.07, 6.45) is 0.503. The number of carboxylic acid groups (broad SMARTS) is 1. The Morgan fingerprint density at radius 2 is 1.61 bits per heavy atom. The van der Waals surface area contributed by atoms with Gasteiger partial charge in [-0.15, -0.1) is 0 Å². The third kappa shape index (κ3) is 7.04. The van der Waals surface area contributed by atoms with Gasteiger partial charge in [0.25, 0.3) is 5.69 Å². The summed E-state index contributed by atoms with van der Waals surface area (Å²) in [6, 6.07) is 17.5. The fourth-order valence-electron chi connectivity index (χ4n) is 4.38. The molecule has 0 bridgehead atoms. The van der Waals surface area contributed by atoms with Gasteiger partial charge < -0.3 is 21.1 Å². The van der Waals surface area contributed by atoms with E-state index in [1.807, 2.05) is 42.5 Å². The highest BCUT2D eigenvalue weighted by Gasteiger charge is 2.40. The van der Waals surface area contributed by atoms with Crippen LogP contribution in [0.1, 0.15) is 12.8 Å². The molecule has 3 aromatic rings. The van der Waals surface area contributed by atoms with Crippen molar-refractivity contribution in [2.75, 3.05) is 18.4 Å². The monoisotopic (exact) mass is 581 g/mol. The van der Waals surface area contributed by atoms with E-state index in [1.54, 1.807) is 12.1 Å². The van der Waals surface area contributed by atoms with Crippen LogP contribution in [0.5, 0.6) is 0 Å². The van der Waals surface area contributed by atoms with Crippen LogP contribution in [0.3, 0.4) is 0 Å². The van der Waals surface area contributed by atoms with Crippen molar-refractivity contribution in [3.05, 3.63) is 89.0 Å². The van der Waals surface area contributed by atoms with Gasteiger partial charge in [0.1, 0.15) is 12.1 Å².